The molecule has 2 aliphatic rings. The van der Waals surface area contributed by atoms with E-state index in [1.165, 1.54) is 56.9 Å². The van der Waals surface area contributed by atoms with Gasteiger partial charge in [0.25, 0.3) is 0 Å². The molecule has 0 radical (unpaired) electrons. The summed E-state index contributed by atoms with van der Waals surface area (Å²) < 4.78 is 0. The first-order valence-electron chi connectivity index (χ1n) is 6.69. The fraction of sp³-hybridized carbons (Fsp3) is 0.600. The lowest BCUT2D eigenvalue weighted by atomic mass is 9.72. The molecule has 0 amide bonds. The first-order chi connectivity index (χ1) is 7.78. The van der Waals surface area contributed by atoms with E-state index in [9.17, 15) is 0 Å². The highest BCUT2D eigenvalue weighted by Gasteiger charge is 2.34. The second-order valence-electron chi connectivity index (χ2n) is 5.55. The maximum Gasteiger partial charge on any atom is 0.0409 e. The monoisotopic (exact) mass is 215 g/mol. The Morgan fingerprint density at radius 1 is 0.875 bits per heavy atom. The summed E-state index contributed by atoms with van der Waals surface area (Å²) in [7, 11) is 0. The maximum atomic E-state index is 6.40. The predicted octanol–water partition coefficient (Wildman–Crippen LogP) is 3.29. The van der Waals surface area contributed by atoms with Gasteiger partial charge < -0.3 is 5.73 Å². The van der Waals surface area contributed by atoms with Crippen LogP contribution in [0.5, 0.6) is 0 Å². The Morgan fingerprint density at radius 2 is 1.62 bits per heavy atom. The number of rotatable bonds is 1. The molecule has 16 heavy (non-hydrogen) atoms. The number of hydrogen-bond acceptors (Lipinski definition) is 1. The highest BCUT2D eigenvalue weighted by atomic mass is 14.8. The molecule has 2 N–H and O–H groups in total. The highest BCUT2D eigenvalue weighted by Crippen LogP contribution is 2.39. The van der Waals surface area contributed by atoms with Crippen LogP contribution in [-0.2, 0) is 18.4 Å². The van der Waals surface area contributed by atoms with Crippen LogP contribution in [0.3, 0.4) is 0 Å². The van der Waals surface area contributed by atoms with Gasteiger partial charge >= 0.3 is 0 Å². The molecule has 0 aromatic heterocycles. The topological polar surface area (TPSA) is 26.0 Å². The van der Waals surface area contributed by atoms with Gasteiger partial charge in [0.15, 0.2) is 0 Å². The highest BCUT2D eigenvalue weighted by molar-refractivity contribution is 5.37. The molecule has 0 bridgehead atoms. The summed E-state index contributed by atoms with van der Waals surface area (Å²) in [5.74, 6) is 0. The van der Waals surface area contributed by atoms with Crippen molar-refractivity contribution in [3.63, 3.8) is 0 Å². The average molecular weight is 215 g/mol. The van der Waals surface area contributed by atoms with Crippen LogP contribution >= 0.6 is 0 Å². The van der Waals surface area contributed by atoms with Gasteiger partial charge in [-0.2, -0.15) is 0 Å². The van der Waals surface area contributed by atoms with Crippen LogP contribution in [0.2, 0.25) is 0 Å². The van der Waals surface area contributed by atoms with E-state index in [0.29, 0.717) is 0 Å². The third-order valence-corrected chi connectivity index (χ3v) is 4.42. The van der Waals surface area contributed by atoms with Crippen molar-refractivity contribution in [1.29, 1.82) is 0 Å². The van der Waals surface area contributed by atoms with Crippen molar-refractivity contribution in [3.05, 3.63) is 34.9 Å². The molecule has 86 valence electrons. The minimum Gasteiger partial charge on any atom is -0.321 e. The van der Waals surface area contributed by atoms with Crippen molar-refractivity contribution in [1.82, 2.24) is 0 Å². The van der Waals surface area contributed by atoms with Crippen LogP contribution in [0.15, 0.2) is 18.2 Å². The SMILES string of the molecule is NC1(c2ccc3c(c2)CCCCC3)CCC1. The Labute approximate surface area is 98.0 Å². The molecule has 3 rings (SSSR count). The molecule has 0 unspecified atom stereocenters. The fourth-order valence-corrected chi connectivity index (χ4v) is 3.07. The van der Waals surface area contributed by atoms with E-state index < -0.39 is 0 Å². The second-order valence-corrected chi connectivity index (χ2v) is 5.55. The molecule has 1 saturated carbocycles. The Morgan fingerprint density at radius 3 is 2.31 bits per heavy atom. The van der Waals surface area contributed by atoms with E-state index in [1.54, 1.807) is 11.1 Å². The molecule has 0 saturated heterocycles. The summed E-state index contributed by atoms with van der Waals surface area (Å²) in [5.41, 5.74) is 10.9. The minimum atomic E-state index is 0.0152. The van der Waals surface area contributed by atoms with Gasteiger partial charge in [0.1, 0.15) is 0 Å². The van der Waals surface area contributed by atoms with Crippen molar-refractivity contribution in [3.8, 4) is 0 Å². The molecule has 2 aliphatic carbocycles. The fourth-order valence-electron chi connectivity index (χ4n) is 3.07. The van der Waals surface area contributed by atoms with Crippen molar-refractivity contribution in [2.24, 2.45) is 5.73 Å². The molecule has 1 heteroatoms. The standard InChI is InChI=1S/C15H21N/c16-15(9-4-10-15)14-8-7-12-5-2-1-3-6-13(12)11-14/h7-8,11H,1-6,9-10,16H2. The molecule has 1 fully saturated rings. The van der Waals surface area contributed by atoms with Gasteiger partial charge in [-0.3, -0.25) is 0 Å². The first kappa shape index (κ1) is 10.3. The molecule has 0 atom stereocenters. The molecular weight excluding hydrogens is 194 g/mol. The zero-order valence-corrected chi connectivity index (χ0v) is 9.97. The van der Waals surface area contributed by atoms with E-state index in [4.69, 9.17) is 5.73 Å². The Balaban J connectivity index is 1.94. The molecule has 1 aromatic carbocycles. The van der Waals surface area contributed by atoms with Crippen LogP contribution in [0.4, 0.5) is 0 Å². The van der Waals surface area contributed by atoms with E-state index in [1.807, 2.05) is 0 Å². The van der Waals surface area contributed by atoms with Crippen LogP contribution in [-0.4, -0.2) is 0 Å². The largest absolute Gasteiger partial charge is 0.321 e. The Kier molecular flexibility index (Phi) is 2.51. The lowest BCUT2D eigenvalue weighted by molar-refractivity contribution is 0.253. The van der Waals surface area contributed by atoms with Crippen molar-refractivity contribution in [2.45, 2.75) is 56.9 Å². The van der Waals surface area contributed by atoms with Gasteiger partial charge in [0.2, 0.25) is 0 Å². The van der Waals surface area contributed by atoms with E-state index in [0.717, 1.165) is 0 Å². The zero-order chi connectivity index (χ0) is 11.0. The van der Waals surface area contributed by atoms with Gasteiger partial charge in [0.05, 0.1) is 0 Å². The van der Waals surface area contributed by atoms with Crippen LogP contribution in [0.1, 0.15) is 55.2 Å². The Hall–Kier alpha value is -0.820. The molecule has 1 aromatic rings. The summed E-state index contributed by atoms with van der Waals surface area (Å²) >= 11 is 0. The summed E-state index contributed by atoms with van der Waals surface area (Å²) in [4.78, 5) is 0. The van der Waals surface area contributed by atoms with Gasteiger partial charge in [-0.05, 0) is 61.6 Å². The van der Waals surface area contributed by atoms with Gasteiger partial charge in [-0.1, -0.05) is 24.6 Å². The maximum absolute atomic E-state index is 6.40. The van der Waals surface area contributed by atoms with Gasteiger partial charge in [-0.15, -0.1) is 0 Å². The van der Waals surface area contributed by atoms with Gasteiger partial charge in [-0.25, -0.2) is 0 Å². The number of aryl methyl sites for hydroxylation is 2. The molecular formula is C15H21N. The van der Waals surface area contributed by atoms with Crippen LogP contribution in [0, 0.1) is 0 Å². The summed E-state index contributed by atoms with van der Waals surface area (Å²) in [6.07, 6.45) is 10.3. The molecule has 1 nitrogen and oxygen atoms in total. The summed E-state index contributed by atoms with van der Waals surface area (Å²) in [6.45, 7) is 0. The number of nitrogens with two attached hydrogens (primary N) is 1. The lowest BCUT2D eigenvalue weighted by Gasteiger charge is -2.39. The van der Waals surface area contributed by atoms with Crippen LogP contribution in [0.25, 0.3) is 0 Å². The second kappa shape index (κ2) is 3.89. The predicted molar refractivity (Wildman–Crippen MR) is 67.4 cm³/mol. The quantitative estimate of drug-likeness (QED) is 0.715. The molecule has 0 aliphatic heterocycles. The Bertz CT molecular complexity index is 390. The molecule has 0 spiro atoms. The third-order valence-electron chi connectivity index (χ3n) is 4.42. The smallest absolute Gasteiger partial charge is 0.0409 e. The lowest BCUT2D eigenvalue weighted by Crippen LogP contribution is -2.43. The number of benzene rings is 1. The summed E-state index contributed by atoms with van der Waals surface area (Å²) in [6, 6.07) is 7.02. The average Bonchev–Trinajstić information content (AvgIpc) is 2.49. The molecule has 0 heterocycles. The number of fused-ring (bicyclic) bond motifs is 1. The van der Waals surface area contributed by atoms with E-state index >= 15 is 0 Å². The zero-order valence-electron chi connectivity index (χ0n) is 9.97. The van der Waals surface area contributed by atoms with E-state index in [-0.39, 0.29) is 5.54 Å². The third kappa shape index (κ3) is 1.67. The normalized spacial score (nSPS) is 23.1. The summed E-state index contributed by atoms with van der Waals surface area (Å²) in [5, 5.41) is 0. The van der Waals surface area contributed by atoms with E-state index in [2.05, 4.69) is 18.2 Å². The minimum absolute atomic E-state index is 0.0152. The van der Waals surface area contributed by atoms with Crippen molar-refractivity contribution < 1.29 is 0 Å². The number of hydrogen-bond donors (Lipinski definition) is 1. The van der Waals surface area contributed by atoms with Crippen molar-refractivity contribution in [2.75, 3.05) is 0 Å². The first-order valence-corrected chi connectivity index (χ1v) is 6.69. The van der Waals surface area contributed by atoms with Crippen molar-refractivity contribution >= 4 is 0 Å². The van der Waals surface area contributed by atoms with Crippen LogP contribution < -0.4 is 5.73 Å². The van der Waals surface area contributed by atoms with Gasteiger partial charge in [0, 0.05) is 5.54 Å².